The summed E-state index contributed by atoms with van der Waals surface area (Å²) in [6, 6.07) is 14.3. The summed E-state index contributed by atoms with van der Waals surface area (Å²) in [5.41, 5.74) is 8.00. The lowest BCUT2D eigenvalue weighted by Gasteiger charge is -2.28. The number of hydrogen-bond donors (Lipinski definition) is 3. The fourth-order valence-corrected chi connectivity index (χ4v) is 6.34. The second-order valence-electron chi connectivity index (χ2n) is 9.08. The average molecular weight is 491 g/mol. The smallest absolute Gasteiger partial charge is 0.243 e. The molecule has 0 aliphatic rings. The summed E-state index contributed by atoms with van der Waals surface area (Å²) in [5, 5.41) is 14.8. The highest BCUT2D eigenvalue weighted by atomic mass is 32.2. The van der Waals surface area contributed by atoms with Gasteiger partial charge in [0.1, 0.15) is 0 Å². The van der Waals surface area contributed by atoms with Gasteiger partial charge in [0.15, 0.2) is 5.13 Å². The average Bonchev–Trinajstić information content (AvgIpc) is 3.14. The van der Waals surface area contributed by atoms with Crippen LogP contribution < -0.4 is 11.1 Å². The molecule has 0 fully saturated rings. The molecule has 7 nitrogen and oxygen atoms in total. The number of hydrogen-bond acceptors (Lipinski definition) is 7. The molecule has 0 bridgehead atoms. The zero-order chi connectivity index (χ0) is 24.2. The van der Waals surface area contributed by atoms with Gasteiger partial charge >= 0.3 is 0 Å². The minimum Gasteiger partial charge on any atom is -0.390 e. The minimum atomic E-state index is -3.83. The van der Waals surface area contributed by atoms with Crippen molar-refractivity contribution in [2.24, 2.45) is 11.7 Å². The molecule has 2 aromatic carbocycles. The van der Waals surface area contributed by atoms with Crippen molar-refractivity contribution < 1.29 is 13.5 Å². The van der Waals surface area contributed by atoms with E-state index in [9.17, 15) is 13.5 Å². The first-order valence-corrected chi connectivity index (χ1v) is 13.5. The van der Waals surface area contributed by atoms with Gasteiger partial charge in [-0.05, 0) is 49.9 Å². The zero-order valence-electron chi connectivity index (χ0n) is 19.6. The van der Waals surface area contributed by atoms with Crippen LogP contribution in [0.2, 0.25) is 0 Å². The summed E-state index contributed by atoms with van der Waals surface area (Å²) < 4.78 is 29.3. The summed E-state index contributed by atoms with van der Waals surface area (Å²) in [4.78, 5) is 4.72. The Morgan fingerprint density at radius 1 is 1.09 bits per heavy atom. The monoisotopic (exact) mass is 490 g/mol. The van der Waals surface area contributed by atoms with E-state index in [0.717, 1.165) is 20.9 Å². The molecule has 0 unspecified atom stereocenters. The Bertz CT molecular complexity index is 1150. The minimum absolute atomic E-state index is 0.0601. The van der Waals surface area contributed by atoms with E-state index in [4.69, 9.17) is 5.73 Å². The van der Waals surface area contributed by atoms with E-state index < -0.39 is 22.2 Å². The maximum atomic E-state index is 13.6. The highest BCUT2D eigenvalue weighted by Crippen LogP contribution is 2.30. The number of sulfonamides is 1. The Morgan fingerprint density at radius 2 is 1.79 bits per heavy atom. The van der Waals surface area contributed by atoms with Crippen molar-refractivity contribution in [3.8, 4) is 0 Å². The largest absolute Gasteiger partial charge is 0.390 e. The fraction of sp³-hybridized carbons (Fsp3) is 0.458. The summed E-state index contributed by atoms with van der Waals surface area (Å²) in [6.07, 6.45) is -0.525. The van der Waals surface area contributed by atoms with E-state index in [1.807, 2.05) is 58.0 Å². The van der Waals surface area contributed by atoms with Crippen LogP contribution >= 0.6 is 11.3 Å². The topological polar surface area (TPSA) is 109 Å². The molecular formula is C24H34N4O3S2. The van der Waals surface area contributed by atoms with E-state index in [1.54, 1.807) is 18.2 Å². The number of aromatic nitrogens is 1. The second-order valence-corrected chi connectivity index (χ2v) is 12.1. The zero-order valence-corrected chi connectivity index (χ0v) is 21.2. The molecule has 0 aliphatic heterocycles. The molecule has 1 heterocycles. The van der Waals surface area contributed by atoms with Crippen molar-refractivity contribution in [3.05, 3.63) is 54.1 Å². The van der Waals surface area contributed by atoms with E-state index in [-0.39, 0.29) is 23.4 Å². The van der Waals surface area contributed by atoms with Gasteiger partial charge in [0.2, 0.25) is 10.0 Å². The number of nitrogens with two attached hydrogens (primary N) is 1. The number of benzene rings is 2. The lowest BCUT2D eigenvalue weighted by atomic mass is 10.0. The Labute approximate surface area is 200 Å². The molecule has 33 heavy (non-hydrogen) atoms. The first kappa shape index (κ1) is 25.6. The van der Waals surface area contributed by atoms with Gasteiger partial charge in [-0.1, -0.05) is 55.5 Å². The molecule has 3 aromatic rings. The first-order valence-electron chi connectivity index (χ1n) is 11.2. The van der Waals surface area contributed by atoms with Gasteiger partial charge in [0.25, 0.3) is 0 Å². The van der Waals surface area contributed by atoms with Crippen LogP contribution in [-0.4, -0.2) is 54.1 Å². The number of aliphatic hydroxyl groups excluding tert-OH is 1. The number of aliphatic hydroxyl groups is 1. The van der Waals surface area contributed by atoms with E-state index in [1.165, 1.54) is 15.6 Å². The molecule has 2 atom stereocenters. The summed E-state index contributed by atoms with van der Waals surface area (Å²) >= 11 is 1.43. The molecule has 0 aliphatic carbocycles. The van der Waals surface area contributed by atoms with Gasteiger partial charge in [0.05, 0.1) is 21.2 Å². The first-order chi connectivity index (χ1) is 15.6. The van der Waals surface area contributed by atoms with Gasteiger partial charge in [-0.2, -0.15) is 4.31 Å². The van der Waals surface area contributed by atoms with Crippen LogP contribution in [-0.2, 0) is 16.4 Å². The normalized spacial score (nSPS) is 14.3. The predicted molar refractivity (Wildman–Crippen MR) is 136 cm³/mol. The van der Waals surface area contributed by atoms with Crippen molar-refractivity contribution >= 4 is 36.7 Å². The molecule has 1 aromatic heterocycles. The number of thiazole rings is 1. The molecule has 0 saturated heterocycles. The quantitative estimate of drug-likeness (QED) is 0.378. The number of nitrogens with one attached hydrogen (secondary N) is 1. The third kappa shape index (κ3) is 6.74. The fourth-order valence-electron chi connectivity index (χ4n) is 3.57. The van der Waals surface area contributed by atoms with Crippen LogP contribution in [0, 0.1) is 5.92 Å². The third-order valence-electron chi connectivity index (χ3n) is 5.18. The standard InChI is InChI=1S/C24H34N4O3S2/c1-16(2)14-28(15-22(29)20(25)12-18-8-6-5-7-9-18)33(30,31)19-10-11-21-23(13-19)32-24(27-21)26-17(3)4/h5-11,13,16-17,20,22,29H,12,14-15,25H2,1-4H3,(H,26,27)/t20-,22+/m0/s1. The molecule has 180 valence electrons. The Balaban J connectivity index is 1.82. The number of nitrogens with zero attached hydrogens (tertiary/aromatic N) is 2. The number of fused-ring (bicyclic) bond motifs is 1. The predicted octanol–water partition coefficient (Wildman–Crippen LogP) is 3.69. The molecule has 0 spiro atoms. The van der Waals surface area contributed by atoms with Crippen LogP contribution in [0.4, 0.5) is 5.13 Å². The van der Waals surface area contributed by atoms with Crippen molar-refractivity contribution in [1.82, 2.24) is 9.29 Å². The Hall–Kier alpha value is -2.04. The van der Waals surface area contributed by atoms with Gasteiger partial charge in [-0.3, -0.25) is 0 Å². The van der Waals surface area contributed by atoms with E-state index in [2.05, 4.69) is 10.3 Å². The summed E-state index contributed by atoms with van der Waals surface area (Å²) in [7, 11) is -3.83. The Kier molecular flexibility index (Phi) is 8.47. The molecule has 4 N–H and O–H groups in total. The SMILES string of the molecule is CC(C)CN(C[C@@H](O)[C@@H](N)Cc1ccccc1)S(=O)(=O)c1ccc2nc(NC(C)C)sc2c1. The lowest BCUT2D eigenvalue weighted by Crippen LogP contribution is -2.47. The van der Waals surface area contributed by atoms with Crippen LogP contribution in [0.15, 0.2) is 53.4 Å². The highest BCUT2D eigenvalue weighted by Gasteiger charge is 2.30. The van der Waals surface area contributed by atoms with Crippen molar-refractivity contribution in [2.45, 2.75) is 57.2 Å². The maximum Gasteiger partial charge on any atom is 0.243 e. The van der Waals surface area contributed by atoms with Crippen LogP contribution in [0.1, 0.15) is 33.3 Å². The maximum absolute atomic E-state index is 13.6. The van der Waals surface area contributed by atoms with Gasteiger partial charge < -0.3 is 16.2 Å². The third-order valence-corrected chi connectivity index (χ3v) is 7.95. The number of anilines is 1. The van der Waals surface area contributed by atoms with Crippen molar-refractivity contribution in [1.29, 1.82) is 0 Å². The molecule has 0 radical (unpaired) electrons. The molecule has 9 heteroatoms. The van der Waals surface area contributed by atoms with Gasteiger partial charge in [-0.15, -0.1) is 0 Å². The van der Waals surface area contributed by atoms with E-state index >= 15 is 0 Å². The molecule has 0 amide bonds. The highest BCUT2D eigenvalue weighted by molar-refractivity contribution is 7.89. The van der Waals surface area contributed by atoms with Crippen molar-refractivity contribution in [3.63, 3.8) is 0 Å². The van der Waals surface area contributed by atoms with E-state index in [0.29, 0.717) is 13.0 Å². The lowest BCUT2D eigenvalue weighted by molar-refractivity contribution is 0.116. The van der Waals surface area contributed by atoms with Crippen molar-refractivity contribution in [2.75, 3.05) is 18.4 Å². The van der Waals surface area contributed by atoms with Gasteiger partial charge in [0, 0.05) is 25.2 Å². The second kappa shape index (κ2) is 10.9. The van der Waals surface area contributed by atoms with Crippen LogP contribution in [0.3, 0.4) is 0 Å². The molecule has 0 saturated carbocycles. The van der Waals surface area contributed by atoms with Gasteiger partial charge in [-0.25, -0.2) is 13.4 Å². The van der Waals surface area contributed by atoms with Crippen LogP contribution in [0.25, 0.3) is 10.2 Å². The summed E-state index contributed by atoms with van der Waals surface area (Å²) in [5.74, 6) is 0.0892. The number of rotatable bonds is 11. The Morgan fingerprint density at radius 3 is 2.42 bits per heavy atom. The van der Waals surface area contributed by atoms with Crippen LogP contribution in [0.5, 0.6) is 0 Å². The molecule has 3 rings (SSSR count). The summed E-state index contributed by atoms with van der Waals surface area (Å²) in [6.45, 7) is 8.19. The molecular weight excluding hydrogens is 456 g/mol.